The number of hydrogen-bond acceptors (Lipinski definition) is 4. The summed E-state index contributed by atoms with van der Waals surface area (Å²) >= 11 is 0. The number of ketones is 1. The van der Waals surface area contributed by atoms with E-state index in [1.165, 1.54) is 0 Å². The molecule has 0 fully saturated rings. The molecule has 0 radical (unpaired) electrons. The lowest BCUT2D eigenvalue weighted by molar-refractivity contribution is -0.115. The zero-order chi connectivity index (χ0) is 12.4. The summed E-state index contributed by atoms with van der Waals surface area (Å²) in [6.45, 7) is 0. The third-order valence-electron chi connectivity index (χ3n) is 2.35. The predicted molar refractivity (Wildman–Crippen MR) is 63.6 cm³/mol. The van der Waals surface area contributed by atoms with Gasteiger partial charge in [-0.25, -0.2) is 0 Å². The fraction of sp³-hybridized carbons (Fsp3) is 0.250. The van der Waals surface area contributed by atoms with Crippen molar-refractivity contribution in [2.45, 2.75) is 6.42 Å². The molecule has 5 nitrogen and oxygen atoms in total. The first-order valence-electron chi connectivity index (χ1n) is 5.24. The van der Waals surface area contributed by atoms with E-state index in [4.69, 9.17) is 0 Å². The first kappa shape index (κ1) is 11.3. The number of nitrogens with zero attached hydrogens (tertiary/aromatic N) is 2. The van der Waals surface area contributed by atoms with E-state index in [0.29, 0.717) is 17.0 Å². The second-order valence-electron chi connectivity index (χ2n) is 4.07. The lowest BCUT2D eigenvalue weighted by Crippen LogP contribution is -2.12. The summed E-state index contributed by atoms with van der Waals surface area (Å²) in [5.41, 5.74) is 1.22. The Morgan fingerprint density at radius 1 is 1.41 bits per heavy atom. The molecule has 5 heteroatoms. The highest BCUT2D eigenvalue weighted by atomic mass is 16.2. The van der Waals surface area contributed by atoms with E-state index in [-0.39, 0.29) is 18.1 Å². The topological polar surface area (TPSA) is 62.3 Å². The third kappa shape index (κ3) is 2.33. The molecule has 2 heterocycles. The van der Waals surface area contributed by atoms with Crippen LogP contribution in [-0.2, 0) is 4.79 Å². The van der Waals surface area contributed by atoms with Crippen molar-refractivity contribution in [1.82, 2.24) is 9.88 Å². The van der Waals surface area contributed by atoms with Gasteiger partial charge in [0.1, 0.15) is 5.69 Å². The molecule has 0 bridgehead atoms. The number of pyridine rings is 1. The number of nitrogens with one attached hydrogen (secondary N) is 1. The van der Waals surface area contributed by atoms with Crippen LogP contribution >= 0.6 is 0 Å². The highest BCUT2D eigenvalue weighted by Gasteiger charge is 2.24. The minimum atomic E-state index is -0.201. The molecule has 2 rings (SSSR count). The summed E-state index contributed by atoms with van der Waals surface area (Å²) in [5.74, 6) is -0.397. The molecule has 0 atom stereocenters. The van der Waals surface area contributed by atoms with E-state index in [9.17, 15) is 9.59 Å². The summed E-state index contributed by atoms with van der Waals surface area (Å²) in [7, 11) is 3.62. The number of fused-ring (bicyclic) bond motifs is 1. The zero-order valence-electron chi connectivity index (χ0n) is 9.73. The van der Waals surface area contributed by atoms with Crippen molar-refractivity contribution in [2.75, 3.05) is 19.4 Å². The van der Waals surface area contributed by atoms with Crippen molar-refractivity contribution < 1.29 is 9.59 Å². The van der Waals surface area contributed by atoms with Crippen LogP contribution in [0.15, 0.2) is 30.1 Å². The molecular weight excluding hydrogens is 218 g/mol. The van der Waals surface area contributed by atoms with Gasteiger partial charge >= 0.3 is 0 Å². The lowest BCUT2D eigenvalue weighted by Gasteiger charge is -2.08. The van der Waals surface area contributed by atoms with Gasteiger partial charge in [-0.3, -0.25) is 14.6 Å². The molecule has 1 N–H and O–H groups in total. The third-order valence-corrected chi connectivity index (χ3v) is 2.35. The van der Waals surface area contributed by atoms with E-state index in [1.54, 1.807) is 29.4 Å². The Morgan fingerprint density at radius 2 is 2.18 bits per heavy atom. The number of hydrogen-bond donors (Lipinski definition) is 1. The van der Waals surface area contributed by atoms with Crippen LogP contribution in [0.25, 0.3) is 0 Å². The fourth-order valence-corrected chi connectivity index (χ4v) is 1.70. The van der Waals surface area contributed by atoms with Crippen LogP contribution in [-0.4, -0.2) is 35.7 Å². The SMILES string of the molecule is CN(C)/C=C1\CC(=O)Nc2cccnc2C1=O. The fourth-order valence-electron chi connectivity index (χ4n) is 1.70. The number of aromatic nitrogens is 1. The number of carbonyl (C=O) groups is 2. The second-order valence-corrected chi connectivity index (χ2v) is 4.07. The molecule has 1 aromatic heterocycles. The Hall–Kier alpha value is -2.17. The van der Waals surface area contributed by atoms with E-state index < -0.39 is 0 Å². The summed E-state index contributed by atoms with van der Waals surface area (Å²) in [6, 6.07) is 3.36. The van der Waals surface area contributed by atoms with Crippen LogP contribution in [0.3, 0.4) is 0 Å². The molecule has 0 saturated heterocycles. The maximum absolute atomic E-state index is 12.2. The number of carbonyl (C=O) groups excluding carboxylic acids is 2. The van der Waals surface area contributed by atoms with Gasteiger partial charge in [-0.1, -0.05) is 0 Å². The monoisotopic (exact) mass is 231 g/mol. The van der Waals surface area contributed by atoms with Gasteiger partial charge in [0, 0.05) is 32.1 Å². The van der Waals surface area contributed by atoms with Crippen LogP contribution in [0, 0.1) is 0 Å². The molecule has 1 aliphatic heterocycles. The molecule has 0 spiro atoms. The van der Waals surface area contributed by atoms with Crippen molar-refractivity contribution in [3.8, 4) is 0 Å². The van der Waals surface area contributed by atoms with E-state index in [2.05, 4.69) is 10.3 Å². The molecule has 1 amide bonds. The quantitative estimate of drug-likeness (QED) is 0.734. The number of anilines is 1. The van der Waals surface area contributed by atoms with Crippen molar-refractivity contribution in [3.05, 3.63) is 35.8 Å². The normalized spacial score (nSPS) is 17.4. The Labute approximate surface area is 99.1 Å². The molecule has 0 aromatic carbocycles. The van der Waals surface area contributed by atoms with Gasteiger partial charge in [-0.15, -0.1) is 0 Å². The summed E-state index contributed by atoms with van der Waals surface area (Å²) < 4.78 is 0. The molecule has 0 aliphatic carbocycles. The maximum Gasteiger partial charge on any atom is 0.229 e. The number of Topliss-reactive ketones (excluding diaryl/α,β-unsaturated/α-hetero) is 1. The van der Waals surface area contributed by atoms with Gasteiger partial charge < -0.3 is 10.2 Å². The molecule has 0 saturated carbocycles. The highest BCUT2D eigenvalue weighted by Crippen LogP contribution is 2.22. The van der Waals surface area contributed by atoms with Crippen molar-refractivity contribution in [3.63, 3.8) is 0 Å². The standard InChI is InChI=1S/C12H13N3O2/c1-15(2)7-8-6-10(16)14-9-4-3-5-13-11(9)12(8)17/h3-5,7H,6H2,1-2H3,(H,14,16)/b8-7+. The molecule has 0 unspecified atom stereocenters. The maximum atomic E-state index is 12.2. The lowest BCUT2D eigenvalue weighted by atomic mass is 10.1. The van der Waals surface area contributed by atoms with Crippen molar-refractivity contribution in [1.29, 1.82) is 0 Å². The van der Waals surface area contributed by atoms with Gasteiger partial charge in [-0.05, 0) is 12.1 Å². The number of amides is 1. The van der Waals surface area contributed by atoms with Crippen LogP contribution in [0.2, 0.25) is 0 Å². The van der Waals surface area contributed by atoms with Gasteiger partial charge in [0.15, 0.2) is 0 Å². The predicted octanol–water partition coefficient (Wildman–Crippen LogP) is 1.05. The van der Waals surface area contributed by atoms with Gasteiger partial charge in [0.05, 0.1) is 12.1 Å². The summed E-state index contributed by atoms with van der Waals surface area (Å²) in [6.07, 6.45) is 3.28. The zero-order valence-corrected chi connectivity index (χ0v) is 9.73. The molecule has 1 aromatic rings. The summed E-state index contributed by atoms with van der Waals surface area (Å²) in [4.78, 5) is 29.6. The molecular formula is C12H13N3O2. The van der Waals surface area contributed by atoms with Crippen LogP contribution < -0.4 is 5.32 Å². The molecule has 1 aliphatic rings. The Kier molecular flexibility index (Phi) is 2.91. The van der Waals surface area contributed by atoms with E-state index in [1.807, 2.05) is 14.1 Å². The van der Waals surface area contributed by atoms with Gasteiger partial charge in [0.2, 0.25) is 11.7 Å². The Bertz CT molecular complexity index is 506. The Balaban J connectivity index is 2.50. The van der Waals surface area contributed by atoms with Gasteiger partial charge in [-0.2, -0.15) is 0 Å². The van der Waals surface area contributed by atoms with Crippen molar-refractivity contribution >= 4 is 17.4 Å². The average Bonchev–Trinajstić information content (AvgIpc) is 2.37. The first-order chi connectivity index (χ1) is 8.08. The first-order valence-corrected chi connectivity index (χ1v) is 5.24. The smallest absolute Gasteiger partial charge is 0.229 e. The Morgan fingerprint density at radius 3 is 2.88 bits per heavy atom. The van der Waals surface area contributed by atoms with Crippen molar-refractivity contribution in [2.24, 2.45) is 0 Å². The minimum Gasteiger partial charge on any atom is -0.383 e. The van der Waals surface area contributed by atoms with Crippen LogP contribution in [0.1, 0.15) is 16.9 Å². The largest absolute Gasteiger partial charge is 0.383 e. The van der Waals surface area contributed by atoms with Gasteiger partial charge in [0.25, 0.3) is 0 Å². The van der Waals surface area contributed by atoms with E-state index >= 15 is 0 Å². The second kappa shape index (κ2) is 4.37. The average molecular weight is 231 g/mol. The highest BCUT2D eigenvalue weighted by molar-refractivity contribution is 6.17. The van der Waals surface area contributed by atoms with Crippen LogP contribution in [0.5, 0.6) is 0 Å². The summed E-state index contributed by atoms with van der Waals surface area (Å²) in [5, 5.41) is 2.67. The number of rotatable bonds is 1. The molecule has 88 valence electrons. The van der Waals surface area contributed by atoms with Crippen LogP contribution in [0.4, 0.5) is 5.69 Å². The molecule has 17 heavy (non-hydrogen) atoms. The van der Waals surface area contributed by atoms with E-state index in [0.717, 1.165) is 0 Å². The minimum absolute atomic E-state index is 0.0768.